The highest BCUT2D eigenvalue weighted by Gasteiger charge is 2.43. The number of anilines is 1. The zero-order chi connectivity index (χ0) is 17.8. The Bertz CT molecular complexity index is 553. The van der Waals surface area contributed by atoms with Gasteiger partial charge in [0, 0.05) is 25.9 Å². The summed E-state index contributed by atoms with van der Waals surface area (Å²) in [6, 6.07) is 1.01. The van der Waals surface area contributed by atoms with Crippen molar-refractivity contribution < 1.29 is 22.7 Å². The minimum Gasteiger partial charge on any atom is -0.382 e. The van der Waals surface area contributed by atoms with Crippen LogP contribution in [0.1, 0.15) is 32.6 Å². The van der Waals surface area contributed by atoms with Gasteiger partial charge in [-0.3, -0.25) is 10.00 Å². The number of methoxy groups -OCH3 is 1. The van der Waals surface area contributed by atoms with Crippen molar-refractivity contribution in [2.24, 2.45) is 0 Å². The monoisotopic (exact) mass is 348 g/mol. The molecule has 2 rings (SSSR count). The van der Waals surface area contributed by atoms with Gasteiger partial charge in [-0.25, -0.2) is 4.79 Å². The molecule has 0 unspecified atom stereocenters. The average Bonchev–Trinajstić information content (AvgIpc) is 3.05. The van der Waals surface area contributed by atoms with Gasteiger partial charge < -0.3 is 9.64 Å². The molecule has 0 aliphatic carbocycles. The van der Waals surface area contributed by atoms with Gasteiger partial charge in [-0.2, -0.15) is 18.3 Å². The summed E-state index contributed by atoms with van der Waals surface area (Å²) in [6.45, 7) is 1.90. The number of carbonyl (C=O) groups is 1. The first-order valence-electron chi connectivity index (χ1n) is 7.97. The van der Waals surface area contributed by atoms with Gasteiger partial charge in [0.2, 0.25) is 0 Å². The maximum atomic E-state index is 12.6. The number of nitrogens with zero attached hydrogens (tertiary/aromatic N) is 3. The van der Waals surface area contributed by atoms with Crippen LogP contribution in [0.25, 0.3) is 0 Å². The molecule has 1 saturated heterocycles. The number of likely N-dealkylation sites (tertiary alicyclic amines) is 1. The first kappa shape index (κ1) is 18.6. The van der Waals surface area contributed by atoms with E-state index >= 15 is 0 Å². The van der Waals surface area contributed by atoms with Gasteiger partial charge >= 0.3 is 12.2 Å². The third kappa shape index (κ3) is 4.40. The Labute approximate surface area is 138 Å². The van der Waals surface area contributed by atoms with Gasteiger partial charge in [-0.1, -0.05) is 13.3 Å². The van der Waals surface area contributed by atoms with Crippen molar-refractivity contribution in [1.82, 2.24) is 14.7 Å². The molecule has 0 saturated carbocycles. The Morgan fingerprint density at radius 3 is 2.88 bits per heavy atom. The smallest absolute Gasteiger partial charge is 0.382 e. The molecule has 1 aromatic heterocycles. The van der Waals surface area contributed by atoms with Crippen LogP contribution < -0.4 is 5.32 Å². The summed E-state index contributed by atoms with van der Waals surface area (Å²) >= 11 is 0. The zero-order valence-corrected chi connectivity index (χ0v) is 13.9. The van der Waals surface area contributed by atoms with Crippen LogP contribution in [0, 0.1) is 0 Å². The number of ether oxygens (including phenoxy) is 1. The predicted molar refractivity (Wildman–Crippen MR) is 82.8 cm³/mol. The van der Waals surface area contributed by atoms with Gasteiger partial charge in [-0.05, 0) is 19.3 Å². The third-order valence-electron chi connectivity index (χ3n) is 4.19. The predicted octanol–water partition coefficient (Wildman–Crippen LogP) is 3.26. The van der Waals surface area contributed by atoms with E-state index in [1.54, 1.807) is 12.0 Å². The molecule has 6 nitrogen and oxygen atoms in total. The largest absolute Gasteiger partial charge is 0.408 e. The Kier molecular flexibility index (Phi) is 5.74. The number of carbonyl (C=O) groups excluding carboxylic acids is 1. The quantitative estimate of drug-likeness (QED) is 0.858. The molecule has 136 valence electrons. The number of amides is 2. The molecule has 0 radical (unpaired) electrons. The number of alkyl halides is 3. The first-order chi connectivity index (χ1) is 11.3. The molecule has 0 bridgehead atoms. The number of halogens is 3. The normalized spacial score (nSPS) is 21.3. The van der Waals surface area contributed by atoms with Crippen LogP contribution in [-0.2, 0) is 11.3 Å². The molecule has 1 aromatic rings. The molecular weight excluding hydrogens is 325 g/mol. The molecule has 1 aliphatic heterocycles. The van der Waals surface area contributed by atoms with Crippen molar-refractivity contribution in [3.8, 4) is 0 Å². The Hall–Kier alpha value is -1.77. The van der Waals surface area contributed by atoms with Crippen LogP contribution in [0.4, 0.5) is 23.8 Å². The summed E-state index contributed by atoms with van der Waals surface area (Å²) in [5.74, 6) is 0.110. The van der Waals surface area contributed by atoms with Crippen LogP contribution in [0.3, 0.4) is 0 Å². The molecular formula is C15H23F3N4O2. The fourth-order valence-corrected chi connectivity index (χ4v) is 3.35. The molecule has 24 heavy (non-hydrogen) atoms. The average molecular weight is 348 g/mol. The molecule has 2 amide bonds. The van der Waals surface area contributed by atoms with Gasteiger partial charge in [0.25, 0.3) is 0 Å². The number of hydrogen-bond acceptors (Lipinski definition) is 3. The molecule has 1 atom stereocenters. The lowest BCUT2D eigenvalue weighted by atomic mass is 9.91. The summed E-state index contributed by atoms with van der Waals surface area (Å²) in [6.07, 6.45) is 0.298. The number of rotatable bonds is 6. The van der Waals surface area contributed by atoms with E-state index in [4.69, 9.17) is 4.74 Å². The Morgan fingerprint density at radius 2 is 2.25 bits per heavy atom. The summed E-state index contributed by atoms with van der Waals surface area (Å²) in [7, 11) is 1.60. The van der Waals surface area contributed by atoms with Crippen molar-refractivity contribution in [2.75, 3.05) is 25.6 Å². The number of aromatic nitrogens is 2. The fraction of sp³-hybridized carbons (Fsp3) is 0.733. The van der Waals surface area contributed by atoms with E-state index in [1.807, 2.05) is 6.92 Å². The van der Waals surface area contributed by atoms with E-state index in [1.165, 1.54) is 12.3 Å². The Morgan fingerprint density at radius 1 is 1.50 bits per heavy atom. The zero-order valence-electron chi connectivity index (χ0n) is 13.9. The van der Waals surface area contributed by atoms with Gasteiger partial charge in [0.15, 0.2) is 5.82 Å². The van der Waals surface area contributed by atoms with Crippen LogP contribution in [-0.4, -0.2) is 52.7 Å². The fourth-order valence-electron chi connectivity index (χ4n) is 3.35. The minimum atomic E-state index is -4.35. The van der Waals surface area contributed by atoms with Crippen molar-refractivity contribution in [3.63, 3.8) is 0 Å². The van der Waals surface area contributed by atoms with Crippen LogP contribution in [0.15, 0.2) is 12.3 Å². The maximum Gasteiger partial charge on any atom is 0.408 e. The summed E-state index contributed by atoms with van der Waals surface area (Å²) in [5, 5.41) is 6.35. The lowest BCUT2D eigenvalue weighted by Gasteiger charge is -2.37. The highest BCUT2D eigenvalue weighted by atomic mass is 19.4. The summed E-state index contributed by atoms with van der Waals surface area (Å²) < 4.78 is 43.1. The van der Waals surface area contributed by atoms with Crippen molar-refractivity contribution in [3.05, 3.63) is 12.3 Å². The maximum absolute atomic E-state index is 12.6. The third-order valence-corrected chi connectivity index (χ3v) is 4.19. The Balaban J connectivity index is 2.05. The van der Waals surface area contributed by atoms with E-state index < -0.39 is 12.7 Å². The van der Waals surface area contributed by atoms with E-state index in [0.29, 0.717) is 13.2 Å². The van der Waals surface area contributed by atoms with Crippen LogP contribution in [0.5, 0.6) is 0 Å². The van der Waals surface area contributed by atoms with E-state index in [2.05, 4.69) is 10.4 Å². The van der Waals surface area contributed by atoms with Gasteiger partial charge in [0.05, 0.1) is 12.1 Å². The molecule has 2 heterocycles. The summed E-state index contributed by atoms with van der Waals surface area (Å²) in [5.41, 5.74) is -0.359. The molecule has 9 heteroatoms. The molecule has 1 N–H and O–H groups in total. The summed E-state index contributed by atoms with van der Waals surface area (Å²) in [4.78, 5) is 14.3. The van der Waals surface area contributed by atoms with Crippen LogP contribution in [0.2, 0.25) is 0 Å². The highest BCUT2D eigenvalue weighted by molar-refractivity contribution is 5.89. The van der Waals surface area contributed by atoms with Gasteiger partial charge in [-0.15, -0.1) is 0 Å². The molecule has 0 spiro atoms. The van der Waals surface area contributed by atoms with Crippen molar-refractivity contribution in [2.45, 2.75) is 50.9 Å². The van der Waals surface area contributed by atoms with E-state index in [-0.39, 0.29) is 17.4 Å². The second-order valence-corrected chi connectivity index (χ2v) is 6.11. The molecule has 0 aromatic carbocycles. The van der Waals surface area contributed by atoms with E-state index in [0.717, 1.165) is 30.4 Å². The second-order valence-electron chi connectivity index (χ2n) is 6.11. The molecule has 1 aliphatic rings. The standard InChI is InChI=1S/C15H23F3N4O2/c1-3-6-14(11-24-2)7-4-8-22(14)13(23)19-12-5-9-21(20-12)10-15(16,17)18/h5,9H,3-4,6-8,10-11H2,1-2H3,(H,19,20,23)/t14-/m0/s1. The lowest BCUT2D eigenvalue weighted by Crippen LogP contribution is -2.52. The number of hydrogen-bond donors (Lipinski definition) is 1. The molecule has 1 fully saturated rings. The lowest BCUT2D eigenvalue weighted by molar-refractivity contribution is -0.142. The minimum absolute atomic E-state index is 0.110. The van der Waals surface area contributed by atoms with Gasteiger partial charge in [0.1, 0.15) is 6.54 Å². The van der Waals surface area contributed by atoms with Crippen molar-refractivity contribution >= 4 is 11.8 Å². The highest BCUT2D eigenvalue weighted by Crippen LogP contribution is 2.34. The topological polar surface area (TPSA) is 59.4 Å². The number of urea groups is 1. The second kappa shape index (κ2) is 7.42. The number of nitrogens with one attached hydrogen (secondary N) is 1. The first-order valence-corrected chi connectivity index (χ1v) is 7.97. The van der Waals surface area contributed by atoms with Crippen LogP contribution >= 0.6 is 0 Å². The SMILES string of the molecule is CCC[C@@]1(COC)CCCN1C(=O)Nc1ccn(CC(F)(F)F)n1. The van der Waals surface area contributed by atoms with E-state index in [9.17, 15) is 18.0 Å². The van der Waals surface area contributed by atoms with Crippen molar-refractivity contribution in [1.29, 1.82) is 0 Å².